The summed E-state index contributed by atoms with van der Waals surface area (Å²) in [7, 11) is 3.26. The molecule has 0 spiro atoms. The number of ether oxygens (including phenoxy) is 2. The van der Waals surface area contributed by atoms with E-state index in [1.54, 1.807) is 14.2 Å². The summed E-state index contributed by atoms with van der Waals surface area (Å²) in [5, 5.41) is 3.11. The number of para-hydroxylation sites is 1. The lowest BCUT2D eigenvalue weighted by molar-refractivity contribution is 0.256. The molecule has 3 aromatic rings. The Morgan fingerprint density at radius 1 is 0.967 bits per heavy atom. The molecule has 0 radical (unpaired) electrons. The van der Waals surface area contributed by atoms with Crippen LogP contribution < -0.4 is 19.7 Å². The molecule has 0 atom stereocenters. The highest BCUT2D eigenvalue weighted by atomic mass is 16.5. The van der Waals surface area contributed by atoms with E-state index in [2.05, 4.69) is 24.4 Å². The Morgan fingerprint density at radius 2 is 1.70 bits per heavy atom. The zero-order valence-electron chi connectivity index (χ0n) is 17.6. The van der Waals surface area contributed by atoms with Crippen molar-refractivity contribution in [2.75, 3.05) is 31.0 Å². The minimum Gasteiger partial charge on any atom is -0.496 e. The van der Waals surface area contributed by atoms with Gasteiger partial charge in [0.05, 0.1) is 25.5 Å². The molecular formula is C25H26N2O3. The largest absolute Gasteiger partial charge is 0.496 e. The molecule has 4 rings (SSSR count). The van der Waals surface area contributed by atoms with E-state index < -0.39 is 0 Å². The summed E-state index contributed by atoms with van der Waals surface area (Å²) in [6, 6.07) is 19.5. The van der Waals surface area contributed by atoms with Gasteiger partial charge >= 0.3 is 6.03 Å². The molecule has 0 saturated carbocycles. The lowest BCUT2D eigenvalue weighted by atomic mass is 9.99. The molecule has 0 bridgehead atoms. The Kier molecular flexibility index (Phi) is 5.61. The predicted octanol–water partition coefficient (Wildman–Crippen LogP) is 5.66. The monoisotopic (exact) mass is 402 g/mol. The van der Waals surface area contributed by atoms with Crippen molar-refractivity contribution in [2.24, 2.45) is 0 Å². The summed E-state index contributed by atoms with van der Waals surface area (Å²) in [6.45, 7) is 2.78. The van der Waals surface area contributed by atoms with Gasteiger partial charge in [0.1, 0.15) is 11.5 Å². The third kappa shape index (κ3) is 3.71. The average molecular weight is 402 g/mol. The van der Waals surface area contributed by atoms with E-state index in [1.807, 2.05) is 53.4 Å². The van der Waals surface area contributed by atoms with Gasteiger partial charge in [-0.05, 0) is 49.6 Å². The quantitative estimate of drug-likeness (QED) is 0.612. The molecule has 1 N–H and O–H groups in total. The Hall–Kier alpha value is -3.47. The van der Waals surface area contributed by atoms with Gasteiger partial charge in [0.25, 0.3) is 0 Å². The molecule has 1 aliphatic rings. The van der Waals surface area contributed by atoms with Crippen LogP contribution in [-0.4, -0.2) is 26.8 Å². The van der Waals surface area contributed by atoms with Gasteiger partial charge in [-0.15, -0.1) is 0 Å². The van der Waals surface area contributed by atoms with E-state index in [0.717, 1.165) is 29.7 Å². The number of anilines is 2. The fraction of sp³-hybridized carbons (Fsp3) is 0.240. The van der Waals surface area contributed by atoms with Gasteiger partial charge in [0, 0.05) is 17.8 Å². The minimum absolute atomic E-state index is 0.138. The second-order valence-corrected chi connectivity index (χ2v) is 7.40. The first-order valence-electron chi connectivity index (χ1n) is 10.1. The van der Waals surface area contributed by atoms with Crippen molar-refractivity contribution in [2.45, 2.75) is 19.8 Å². The van der Waals surface area contributed by atoms with Crippen LogP contribution in [0.4, 0.5) is 16.2 Å². The van der Waals surface area contributed by atoms with Gasteiger partial charge in [0.2, 0.25) is 0 Å². The van der Waals surface area contributed by atoms with Crippen molar-refractivity contribution in [1.82, 2.24) is 0 Å². The molecule has 5 nitrogen and oxygen atoms in total. The SMILES string of the molecule is COc1cccc(OC)c1-c1ccccc1NC(=O)N1CCCc2cc(C)ccc21. The number of hydrogen-bond acceptors (Lipinski definition) is 3. The van der Waals surface area contributed by atoms with Crippen LogP contribution in [0.15, 0.2) is 60.7 Å². The fourth-order valence-corrected chi connectivity index (χ4v) is 4.05. The number of methoxy groups -OCH3 is 2. The van der Waals surface area contributed by atoms with Crippen molar-refractivity contribution < 1.29 is 14.3 Å². The van der Waals surface area contributed by atoms with Crippen LogP contribution in [0.2, 0.25) is 0 Å². The van der Waals surface area contributed by atoms with Crippen LogP contribution in [0.5, 0.6) is 11.5 Å². The first-order valence-corrected chi connectivity index (χ1v) is 10.1. The summed E-state index contributed by atoms with van der Waals surface area (Å²) in [4.78, 5) is 15.1. The molecular weight excluding hydrogens is 376 g/mol. The maximum Gasteiger partial charge on any atom is 0.326 e. The lowest BCUT2D eigenvalue weighted by Gasteiger charge is -2.30. The van der Waals surface area contributed by atoms with E-state index >= 15 is 0 Å². The van der Waals surface area contributed by atoms with Crippen LogP contribution in [0.1, 0.15) is 17.5 Å². The highest BCUT2D eigenvalue weighted by molar-refractivity contribution is 6.05. The number of carbonyl (C=O) groups is 1. The first kappa shape index (κ1) is 19.8. The molecule has 5 heteroatoms. The van der Waals surface area contributed by atoms with Crippen molar-refractivity contribution in [1.29, 1.82) is 0 Å². The van der Waals surface area contributed by atoms with Crippen molar-refractivity contribution >= 4 is 17.4 Å². The average Bonchev–Trinajstić information content (AvgIpc) is 2.78. The summed E-state index contributed by atoms with van der Waals surface area (Å²) in [5.74, 6) is 1.38. The molecule has 0 saturated heterocycles. The molecule has 154 valence electrons. The second-order valence-electron chi connectivity index (χ2n) is 7.40. The Balaban J connectivity index is 1.70. The third-order valence-electron chi connectivity index (χ3n) is 5.46. The molecule has 1 aliphatic heterocycles. The Morgan fingerprint density at radius 3 is 2.43 bits per heavy atom. The van der Waals surface area contributed by atoms with E-state index in [1.165, 1.54) is 11.1 Å². The second kappa shape index (κ2) is 8.49. The van der Waals surface area contributed by atoms with Crippen LogP contribution in [-0.2, 0) is 6.42 Å². The summed E-state index contributed by atoms with van der Waals surface area (Å²) in [6.07, 6.45) is 1.95. The number of fused-ring (bicyclic) bond motifs is 1. The highest BCUT2D eigenvalue weighted by Gasteiger charge is 2.24. The number of nitrogens with zero attached hydrogens (tertiary/aromatic N) is 1. The van der Waals surface area contributed by atoms with Crippen LogP contribution in [0, 0.1) is 6.92 Å². The number of benzene rings is 3. The number of carbonyl (C=O) groups excluding carboxylic acids is 1. The minimum atomic E-state index is -0.138. The molecule has 0 fully saturated rings. The predicted molar refractivity (Wildman–Crippen MR) is 121 cm³/mol. The molecule has 0 aliphatic carbocycles. The first-order chi connectivity index (χ1) is 14.6. The number of amides is 2. The normalized spacial score (nSPS) is 12.8. The van der Waals surface area contributed by atoms with Crippen LogP contribution in [0.25, 0.3) is 11.1 Å². The summed E-state index contributed by atoms with van der Waals surface area (Å²) >= 11 is 0. The molecule has 30 heavy (non-hydrogen) atoms. The maximum absolute atomic E-state index is 13.3. The lowest BCUT2D eigenvalue weighted by Crippen LogP contribution is -2.38. The molecule has 2 amide bonds. The zero-order chi connectivity index (χ0) is 21.1. The molecule has 0 unspecified atom stereocenters. The van der Waals surface area contributed by atoms with Gasteiger partial charge in [-0.25, -0.2) is 4.79 Å². The number of urea groups is 1. The summed E-state index contributed by atoms with van der Waals surface area (Å²) in [5.41, 5.74) is 5.79. The van der Waals surface area contributed by atoms with Gasteiger partial charge in [-0.1, -0.05) is 42.0 Å². The maximum atomic E-state index is 13.3. The van der Waals surface area contributed by atoms with E-state index in [4.69, 9.17) is 9.47 Å². The van der Waals surface area contributed by atoms with Crippen molar-refractivity contribution in [3.8, 4) is 22.6 Å². The van der Waals surface area contributed by atoms with Crippen LogP contribution in [0.3, 0.4) is 0 Å². The zero-order valence-corrected chi connectivity index (χ0v) is 17.6. The third-order valence-corrected chi connectivity index (χ3v) is 5.46. The van der Waals surface area contributed by atoms with E-state index in [0.29, 0.717) is 23.7 Å². The number of rotatable bonds is 4. The molecule has 0 aromatic heterocycles. The van der Waals surface area contributed by atoms with Gasteiger partial charge in [0.15, 0.2) is 0 Å². The fourth-order valence-electron chi connectivity index (χ4n) is 4.05. The van der Waals surface area contributed by atoms with E-state index in [-0.39, 0.29) is 6.03 Å². The Labute approximate surface area is 177 Å². The topological polar surface area (TPSA) is 50.8 Å². The van der Waals surface area contributed by atoms with Gasteiger partial charge in [-0.2, -0.15) is 0 Å². The standard InChI is InChI=1S/C25H26N2O3/c1-17-13-14-21-18(16-17)8-7-15-27(21)25(28)26-20-10-5-4-9-19(20)24-22(29-2)11-6-12-23(24)30-3/h4-6,9-14,16H,7-8,15H2,1-3H3,(H,26,28). The van der Waals surface area contributed by atoms with Crippen LogP contribution >= 0.6 is 0 Å². The van der Waals surface area contributed by atoms with Crippen molar-refractivity contribution in [3.63, 3.8) is 0 Å². The number of nitrogens with one attached hydrogen (secondary N) is 1. The van der Waals surface area contributed by atoms with E-state index in [9.17, 15) is 4.79 Å². The van der Waals surface area contributed by atoms with Gasteiger partial charge in [-0.3, -0.25) is 4.90 Å². The van der Waals surface area contributed by atoms with Gasteiger partial charge < -0.3 is 14.8 Å². The van der Waals surface area contributed by atoms with Crippen molar-refractivity contribution in [3.05, 3.63) is 71.8 Å². The Bertz CT molecular complexity index is 1060. The number of aryl methyl sites for hydroxylation is 2. The molecule has 3 aromatic carbocycles. The molecule has 1 heterocycles. The number of hydrogen-bond donors (Lipinski definition) is 1. The highest BCUT2D eigenvalue weighted by Crippen LogP contribution is 2.42. The smallest absolute Gasteiger partial charge is 0.326 e. The summed E-state index contributed by atoms with van der Waals surface area (Å²) < 4.78 is 11.1.